The fourth-order valence-electron chi connectivity index (χ4n) is 9.35. The van der Waals surface area contributed by atoms with E-state index in [1.165, 1.54) is 44.9 Å². The molecule has 0 heterocycles. The first kappa shape index (κ1) is 22.1. The molecular formula is C27H48O2. The Balaban J connectivity index is 1.51. The van der Waals surface area contributed by atoms with Crippen LogP contribution in [0.5, 0.6) is 0 Å². The lowest BCUT2D eigenvalue weighted by Crippen LogP contribution is -2.66. The molecule has 4 aliphatic carbocycles. The average Bonchev–Trinajstić information content (AvgIpc) is 3.01. The minimum Gasteiger partial charge on any atom is -0.390 e. The van der Waals surface area contributed by atoms with Gasteiger partial charge >= 0.3 is 0 Å². The summed E-state index contributed by atoms with van der Waals surface area (Å²) in [6.07, 6.45) is 14.1. The van der Waals surface area contributed by atoms with Crippen molar-refractivity contribution < 1.29 is 10.2 Å². The molecule has 4 fully saturated rings. The van der Waals surface area contributed by atoms with E-state index in [-0.39, 0.29) is 5.41 Å². The van der Waals surface area contributed by atoms with Gasteiger partial charge in [0.1, 0.15) is 0 Å². The van der Waals surface area contributed by atoms with Gasteiger partial charge in [-0.05, 0) is 92.3 Å². The molecular weight excluding hydrogens is 356 g/mol. The molecule has 9 atom stereocenters. The first-order valence-electron chi connectivity index (χ1n) is 13.0. The molecule has 0 spiro atoms. The Bertz CT molecular complexity index is 587. The molecule has 0 unspecified atom stereocenters. The van der Waals surface area contributed by atoms with Gasteiger partial charge in [0.25, 0.3) is 0 Å². The fourth-order valence-corrected chi connectivity index (χ4v) is 9.35. The third kappa shape index (κ3) is 3.34. The zero-order valence-corrected chi connectivity index (χ0v) is 19.9. The van der Waals surface area contributed by atoms with Gasteiger partial charge in [0, 0.05) is 5.41 Å². The summed E-state index contributed by atoms with van der Waals surface area (Å²) < 4.78 is 0. The van der Waals surface area contributed by atoms with E-state index in [2.05, 4.69) is 34.6 Å². The number of fused-ring (bicyclic) bond motifs is 5. The number of aliphatic hydroxyl groups excluding tert-OH is 1. The summed E-state index contributed by atoms with van der Waals surface area (Å²) in [5.74, 6) is 4.82. The second-order valence-corrected chi connectivity index (χ2v) is 12.7. The van der Waals surface area contributed by atoms with Gasteiger partial charge in [-0.1, -0.05) is 60.3 Å². The third-order valence-electron chi connectivity index (χ3n) is 11.0. The van der Waals surface area contributed by atoms with Crippen molar-refractivity contribution in [3.63, 3.8) is 0 Å². The molecule has 29 heavy (non-hydrogen) atoms. The molecule has 2 heteroatoms. The zero-order chi connectivity index (χ0) is 21.0. The van der Waals surface area contributed by atoms with Crippen LogP contribution in [0.25, 0.3) is 0 Å². The molecule has 4 rings (SSSR count). The van der Waals surface area contributed by atoms with Gasteiger partial charge < -0.3 is 10.2 Å². The van der Waals surface area contributed by atoms with Gasteiger partial charge in [-0.3, -0.25) is 0 Å². The summed E-state index contributed by atoms with van der Waals surface area (Å²) in [6.45, 7) is 12.2. The lowest BCUT2D eigenvalue weighted by molar-refractivity contribution is -0.246. The predicted molar refractivity (Wildman–Crippen MR) is 121 cm³/mol. The van der Waals surface area contributed by atoms with Crippen molar-refractivity contribution in [1.29, 1.82) is 0 Å². The van der Waals surface area contributed by atoms with Gasteiger partial charge in [0.15, 0.2) is 0 Å². The Kier molecular flexibility index (Phi) is 5.95. The SMILES string of the molecule is CC(C)CCC[C@@H](C)[C@H]1CC[C@H]2[C@@H]3CC[C@@]4(O)[C@H](O)CCC[C@]4(C)[C@H]3CC[C@]12C. The fraction of sp³-hybridized carbons (Fsp3) is 1.00. The molecule has 168 valence electrons. The van der Waals surface area contributed by atoms with Gasteiger partial charge in [0.2, 0.25) is 0 Å². The quantitative estimate of drug-likeness (QED) is 0.543. The molecule has 0 radical (unpaired) electrons. The summed E-state index contributed by atoms with van der Waals surface area (Å²) in [6, 6.07) is 0. The van der Waals surface area contributed by atoms with Crippen molar-refractivity contribution in [3.05, 3.63) is 0 Å². The number of aliphatic hydroxyl groups is 2. The highest BCUT2D eigenvalue weighted by Crippen LogP contribution is 2.69. The van der Waals surface area contributed by atoms with Crippen LogP contribution in [0.2, 0.25) is 0 Å². The van der Waals surface area contributed by atoms with E-state index in [9.17, 15) is 10.2 Å². The maximum atomic E-state index is 11.6. The highest BCUT2D eigenvalue weighted by atomic mass is 16.3. The summed E-state index contributed by atoms with van der Waals surface area (Å²) in [5, 5.41) is 22.3. The maximum absolute atomic E-state index is 11.6. The van der Waals surface area contributed by atoms with Crippen molar-refractivity contribution in [1.82, 2.24) is 0 Å². The van der Waals surface area contributed by atoms with Crippen LogP contribution >= 0.6 is 0 Å². The largest absolute Gasteiger partial charge is 0.390 e. The molecule has 4 aliphatic rings. The van der Waals surface area contributed by atoms with Crippen LogP contribution in [-0.4, -0.2) is 21.9 Å². The minimum absolute atomic E-state index is 0.0735. The first-order chi connectivity index (χ1) is 13.6. The topological polar surface area (TPSA) is 40.5 Å². The molecule has 0 aromatic heterocycles. The van der Waals surface area contributed by atoms with E-state index in [1.54, 1.807) is 0 Å². The van der Waals surface area contributed by atoms with Crippen molar-refractivity contribution >= 4 is 0 Å². The summed E-state index contributed by atoms with van der Waals surface area (Å²) in [5.41, 5.74) is -0.393. The van der Waals surface area contributed by atoms with Crippen LogP contribution in [0.3, 0.4) is 0 Å². The normalized spacial score (nSPS) is 50.7. The van der Waals surface area contributed by atoms with Crippen LogP contribution in [0.15, 0.2) is 0 Å². The van der Waals surface area contributed by atoms with Gasteiger partial charge in [-0.2, -0.15) is 0 Å². The van der Waals surface area contributed by atoms with Crippen molar-refractivity contribution in [2.75, 3.05) is 0 Å². The van der Waals surface area contributed by atoms with Crippen LogP contribution in [-0.2, 0) is 0 Å². The number of rotatable bonds is 5. The maximum Gasteiger partial charge on any atom is 0.0961 e. The lowest BCUT2D eigenvalue weighted by atomic mass is 9.42. The van der Waals surface area contributed by atoms with Crippen molar-refractivity contribution in [3.8, 4) is 0 Å². The lowest BCUT2D eigenvalue weighted by Gasteiger charge is -2.64. The predicted octanol–water partition coefficient (Wildman–Crippen LogP) is 6.58. The van der Waals surface area contributed by atoms with E-state index in [4.69, 9.17) is 0 Å². The molecule has 0 amide bonds. The van der Waals surface area contributed by atoms with Crippen molar-refractivity contribution in [2.45, 2.75) is 123 Å². The minimum atomic E-state index is -0.831. The summed E-state index contributed by atoms with van der Waals surface area (Å²) in [7, 11) is 0. The second-order valence-electron chi connectivity index (χ2n) is 12.7. The standard InChI is InChI=1S/C27H48O2/c1-18(2)8-6-9-19(3)21-11-12-22-20-13-17-27(29)24(28)10-7-15-26(27,5)23(20)14-16-25(21,22)4/h18-24,28-29H,6-17H2,1-5H3/t19-,20+,21-,22+,23+,24-,25-,26-,27-/m1/s1. The molecule has 4 saturated carbocycles. The summed E-state index contributed by atoms with van der Waals surface area (Å²) >= 11 is 0. The average molecular weight is 405 g/mol. The first-order valence-corrected chi connectivity index (χ1v) is 13.0. The van der Waals surface area contributed by atoms with E-state index < -0.39 is 11.7 Å². The Morgan fingerprint density at radius 2 is 1.62 bits per heavy atom. The highest BCUT2D eigenvalue weighted by Gasteiger charge is 2.65. The smallest absolute Gasteiger partial charge is 0.0961 e. The Labute approximate surface area is 180 Å². The van der Waals surface area contributed by atoms with E-state index in [0.29, 0.717) is 11.3 Å². The highest BCUT2D eigenvalue weighted by molar-refractivity contribution is 5.15. The van der Waals surface area contributed by atoms with E-state index in [0.717, 1.165) is 61.7 Å². The molecule has 0 aromatic carbocycles. The zero-order valence-electron chi connectivity index (χ0n) is 19.9. The van der Waals surface area contributed by atoms with Crippen LogP contribution < -0.4 is 0 Å². The van der Waals surface area contributed by atoms with Gasteiger partial charge in [-0.25, -0.2) is 0 Å². The molecule has 2 nitrogen and oxygen atoms in total. The molecule has 2 N–H and O–H groups in total. The Hall–Kier alpha value is -0.0800. The second kappa shape index (κ2) is 7.80. The van der Waals surface area contributed by atoms with Gasteiger partial charge in [-0.15, -0.1) is 0 Å². The van der Waals surface area contributed by atoms with Crippen LogP contribution in [0.1, 0.15) is 112 Å². The Morgan fingerprint density at radius 3 is 2.34 bits per heavy atom. The van der Waals surface area contributed by atoms with E-state index >= 15 is 0 Å². The third-order valence-corrected chi connectivity index (χ3v) is 11.0. The van der Waals surface area contributed by atoms with Crippen LogP contribution in [0.4, 0.5) is 0 Å². The molecule has 0 aliphatic heterocycles. The summed E-state index contributed by atoms with van der Waals surface area (Å²) in [4.78, 5) is 0. The monoisotopic (exact) mass is 404 g/mol. The van der Waals surface area contributed by atoms with Gasteiger partial charge in [0.05, 0.1) is 11.7 Å². The van der Waals surface area contributed by atoms with Crippen molar-refractivity contribution in [2.24, 2.45) is 46.3 Å². The Morgan fingerprint density at radius 1 is 0.862 bits per heavy atom. The molecule has 0 bridgehead atoms. The molecule has 0 aromatic rings. The molecule has 0 saturated heterocycles. The number of hydrogen-bond donors (Lipinski definition) is 2. The van der Waals surface area contributed by atoms with E-state index in [1.807, 2.05) is 0 Å². The number of hydrogen-bond acceptors (Lipinski definition) is 2. The van der Waals surface area contributed by atoms with Crippen LogP contribution in [0, 0.1) is 46.3 Å².